The van der Waals surface area contributed by atoms with Gasteiger partial charge in [0, 0.05) is 18.3 Å². The van der Waals surface area contributed by atoms with Gasteiger partial charge in [-0.3, -0.25) is 9.59 Å². The summed E-state index contributed by atoms with van der Waals surface area (Å²) in [5.74, 6) is -0.398. The van der Waals surface area contributed by atoms with Gasteiger partial charge in [-0.2, -0.15) is 0 Å². The summed E-state index contributed by atoms with van der Waals surface area (Å²) in [6.07, 6.45) is 4.02. The Kier molecular flexibility index (Phi) is 4.68. The standard InChI is InChI=1S/C15H22N2O3S/c1-9(18)17-14-12(13(19)16-8-15(2,3)20)10-6-4-5-7-11(10)21-14/h20H,4-8H2,1-3H3,(H,16,19)(H,17,18). The first-order valence-electron chi connectivity index (χ1n) is 7.20. The monoisotopic (exact) mass is 310 g/mol. The lowest BCUT2D eigenvalue weighted by atomic mass is 9.95. The third-order valence-electron chi connectivity index (χ3n) is 3.37. The fourth-order valence-corrected chi connectivity index (χ4v) is 3.77. The number of aliphatic hydroxyl groups is 1. The van der Waals surface area contributed by atoms with E-state index < -0.39 is 5.60 Å². The number of anilines is 1. The maximum absolute atomic E-state index is 12.5. The van der Waals surface area contributed by atoms with Crippen LogP contribution in [0, 0.1) is 0 Å². The number of carbonyl (C=O) groups excluding carboxylic acids is 2. The molecule has 0 spiro atoms. The van der Waals surface area contributed by atoms with Crippen LogP contribution in [0.5, 0.6) is 0 Å². The molecule has 0 atom stereocenters. The maximum Gasteiger partial charge on any atom is 0.254 e. The second-order valence-corrected chi connectivity index (χ2v) is 7.20. The lowest BCUT2D eigenvalue weighted by Crippen LogP contribution is -2.38. The second-order valence-electron chi connectivity index (χ2n) is 6.09. The minimum absolute atomic E-state index is 0.176. The maximum atomic E-state index is 12.5. The van der Waals surface area contributed by atoms with Crippen molar-refractivity contribution in [3.05, 3.63) is 16.0 Å². The van der Waals surface area contributed by atoms with Gasteiger partial charge in [-0.1, -0.05) is 0 Å². The zero-order chi connectivity index (χ0) is 15.6. The molecule has 2 amide bonds. The molecule has 0 bridgehead atoms. The van der Waals surface area contributed by atoms with E-state index in [0.29, 0.717) is 10.6 Å². The smallest absolute Gasteiger partial charge is 0.254 e. The molecule has 0 radical (unpaired) electrons. The van der Waals surface area contributed by atoms with Crippen molar-refractivity contribution in [1.82, 2.24) is 5.32 Å². The van der Waals surface area contributed by atoms with Gasteiger partial charge in [0.05, 0.1) is 11.2 Å². The number of aryl methyl sites for hydroxylation is 1. The molecular formula is C15H22N2O3S. The molecule has 0 aliphatic heterocycles. The lowest BCUT2D eigenvalue weighted by molar-refractivity contribution is -0.114. The summed E-state index contributed by atoms with van der Waals surface area (Å²) in [5, 5.41) is 15.9. The van der Waals surface area contributed by atoms with Crippen LogP contribution >= 0.6 is 11.3 Å². The highest BCUT2D eigenvalue weighted by Gasteiger charge is 2.26. The first-order chi connectivity index (χ1) is 9.78. The minimum atomic E-state index is -0.958. The third-order valence-corrected chi connectivity index (χ3v) is 4.58. The Hall–Kier alpha value is -1.40. The number of carbonyl (C=O) groups is 2. The van der Waals surface area contributed by atoms with Crippen LogP contribution in [0.15, 0.2) is 0 Å². The molecule has 6 heteroatoms. The Bertz CT molecular complexity index is 558. The summed E-state index contributed by atoms with van der Waals surface area (Å²) in [6, 6.07) is 0. The molecule has 0 aromatic carbocycles. The summed E-state index contributed by atoms with van der Waals surface area (Å²) in [5.41, 5.74) is 0.678. The van der Waals surface area contributed by atoms with Crippen molar-refractivity contribution >= 4 is 28.2 Å². The van der Waals surface area contributed by atoms with Gasteiger partial charge in [0.25, 0.3) is 5.91 Å². The normalized spacial score (nSPS) is 14.5. The molecule has 116 valence electrons. The molecule has 0 saturated carbocycles. The average Bonchev–Trinajstić information content (AvgIpc) is 2.72. The SMILES string of the molecule is CC(=O)Nc1sc2c(c1C(=O)NCC(C)(C)O)CCCC2. The van der Waals surface area contributed by atoms with E-state index in [1.165, 1.54) is 23.1 Å². The number of thiophene rings is 1. The van der Waals surface area contributed by atoms with Crippen molar-refractivity contribution in [3.63, 3.8) is 0 Å². The van der Waals surface area contributed by atoms with Crippen molar-refractivity contribution in [2.75, 3.05) is 11.9 Å². The quantitative estimate of drug-likeness (QED) is 0.797. The number of nitrogens with one attached hydrogen (secondary N) is 2. The van der Waals surface area contributed by atoms with Crippen LogP contribution < -0.4 is 10.6 Å². The van der Waals surface area contributed by atoms with E-state index in [0.717, 1.165) is 31.2 Å². The summed E-state index contributed by atoms with van der Waals surface area (Å²) < 4.78 is 0. The Labute approximate surface area is 128 Å². The van der Waals surface area contributed by atoms with Gasteiger partial charge in [0.15, 0.2) is 0 Å². The van der Waals surface area contributed by atoms with Crippen LogP contribution in [-0.2, 0) is 17.6 Å². The summed E-state index contributed by atoms with van der Waals surface area (Å²) in [7, 11) is 0. The topological polar surface area (TPSA) is 78.4 Å². The van der Waals surface area contributed by atoms with Crippen LogP contribution in [0.3, 0.4) is 0 Å². The van der Waals surface area contributed by atoms with Crippen molar-refractivity contribution < 1.29 is 14.7 Å². The van der Waals surface area contributed by atoms with Crippen molar-refractivity contribution in [2.24, 2.45) is 0 Å². The van der Waals surface area contributed by atoms with E-state index in [-0.39, 0.29) is 18.4 Å². The van der Waals surface area contributed by atoms with Gasteiger partial charge in [0.2, 0.25) is 5.91 Å². The summed E-state index contributed by atoms with van der Waals surface area (Å²) in [4.78, 5) is 25.0. The van der Waals surface area contributed by atoms with Crippen LogP contribution in [-0.4, -0.2) is 29.1 Å². The number of rotatable bonds is 4. The number of hydrogen-bond acceptors (Lipinski definition) is 4. The molecule has 1 aromatic heterocycles. The van der Waals surface area contributed by atoms with E-state index in [4.69, 9.17) is 0 Å². The predicted octanol–water partition coefficient (Wildman–Crippen LogP) is 2.09. The van der Waals surface area contributed by atoms with E-state index in [1.54, 1.807) is 13.8 Å². The van der Waals surface area contributed by atoms with Crippen LogP contribution in [0.25, 0.3) is 0 Å². The van der Waals surface area contributed by atoms with Crippen LogP contribution in [0.2, 0.25) is 0 Å². The molecule has 1 aliphatic rings. The molecule has 2 rings (SSSR count). The highest BCUT2D eigenvalue weighted by atomic mass is 32.1. The number of amides is 2. The van der Waals surface area contributed by atoms with Gasteiger partial charge in [-0.15, -0.1) is 11.3 Å². The first-order valence-corrected chi connectivity index (χ1v) is 8.02. The zero-order valence-corrected chi connectivity index (χ0v) is 13.5. The molecule has 0 fully saturated rings. The summed E-state index contributed by atoms with van der Waals surface area (Å²) in [6.45, 7) is 4.91. The fourth-order valence-electron chi connectivity index (χ4n) is 2.44. The number of hydrogen-bond donors (Lipinski definition) is 3. The first kappa shape index (κ1) is 16.0. The largest absolute Gasteiger partial charge is 0.389 e. The van der Waals surface area contributed by atoms with Crippen molar-refractivity contribution in [2.45, 2.75) is 52.1 Å². The molecule has 21 heavy (non-hydrogen) atoms. The van der Waals surface area contributed by atoms with E-state index in [2.05, 4.69) is 10.6 Å². The van der Waals surface area contributed by atoms with Gasteiger partial charge in [0.1, 0.15) is 5.00 Å². The molecule has 1 aliphatic carbocycles. The third kappa shape index (κ3) is 4.04. The lowest BCUT2D eigenvalue weighted by Gasteiger charge is -2.19. The molecule has 1 heterocycles. The van der Waals surface area contributed by atoms with Gasteiger partial charge in [-0.05, 0) is 45.1 Å². The van der Waals surface area contributed by atoms with Gasteiger partial charge < -0.3 is 15.7 Å². The Morgan fingerprint density at radius 1 is 1.29 bits per heavy atom. The number of fused-ring (bicyclic) bond motifs is 1. The Morgan fingerprint density at radius 2 is 1.95 bits per heavy atom. The zero-order valence-electron chi connectivity index (χ0n) is 12.7. The highest BCUT2D eigenvalue weighted by Crippen LogP contribution is 2.38. The van der Waals surface area contributed by atoms with E-state index in [1.807, 2.05) is 0 Å². The minimum Gasteiger partial charge on any atom is -0.389 e. The van der Waals surface area contributed by atoms with Crippen molar-refractivity contribution in [3.8, 4) is 0 Å². The molecule has 0 unspecified atom stereocenters. The molecule has 1 aromatic rings. The van der Waals surface area contributed by atoms with Crippen molar-refractivity contribution in [1.29, 1.82) is 0 Å². The molecular weight excluding hydrogens is 288 g/mol. The second kappa shape index (κ2) is 6.15. The van der Waals surface area contributed by atoms with Crippen LogP contribution in [0.4, 0.5) is 5.00 Å². The highest BCUT2D eigenvalue weighted by molar-refractivity contribution is 7.17. The van der Waals surface area contributed by atoms with E-state index in [9.17, 15) is 14.7 Å². The molecule has 3 N–H and O–H groups in total. The fraction of sp³-hybridized carbons (Fsp3) is 0.600. The van der Waals surface area contributed by atoms with Gasteiger partial charge >= 0.3 is 0 Å². The van der Waals surface area contributed by atoms with Gasteiger partial charge in [-0.25, -0.2) is 0 Å². The summed E-state index contributed by atoms with van der Waals surface area (Å²) >= 11 is 1.50. The van der Waals surface area contributed by atoms with E-state index >= 15 is 0 Å². The Balaban J connectivity index is 2.28. The molecule has 5 nitrogen and oxygen atoms in total. The Morgan fingerprint density at radius 3 is 2.57 bits per heavy atom. The molecule has 0 saturated heterocycles. The van der Waals surface area contributed by atoms with Crippen LogP contribution in [0.1, 0.15) is 54.4 Å². The average molecular weight is 310 g/mol. The predicted molar refractivity (Wildman–Crippen MR) is 83.9 cm³/mol.